The molecule has 18 nitrogen and oxygen atoms in total. The van der Waals surface area contributed by atoms with Crippen molar-refractivity contribution in [1.82, 2.24) is 0 Å². The smallest absolute Gasteiger partial charge is 0.527 e. The van der Waals surface area contributed by atoms with Crippen LogP contribution in [0.3, 0.4) is 0 Å². The molecule has 240 valence electrons. The van der Waals surface area contributed by atoms with E-state index < -0.39 is 92.1 Å². The van der Waals surface area contributed by atoms with E-state index in [9.17, 15) is 35.7 Å². The Bertz CT molecular complexity index is 794. The predicted molar refractivity (Wildman–Crippen MR) is 126 cm³/mol. The van der Waals surface area contributed by atoms with Crippen LogP contribution in [-0.4, -0.2) is 162 Å². The molecule has 0 aromatic rings. The molecule has 19 heteroatoms. The Labute approximate surface area is 263 Å². The summed E-state index contributed by atoms with van der Waals surface area (Å²) in [5, 5.41) is 72.7. The topological polar surface area (TPSA) is 276 Å². The molecule has 0 aliphatic carbocycles. The van der Waals surface area contributed by atoms with Gasteiger partial charge < -0.3 is 79.4 Å². The second-order valence-corrected chi connectivity index (χ2v) is 9.54. The van der Waals surface area contributed by atoms with Gasteiger partial charge in [-0.3, -0.25) is 0 Å². The Hall–Kier alpha value is -0.260. The van der Waals surface area contributed by atoms with E-state index in [0.29, 0.717) is 0 Å². The molecule has 0 spiro atoms. The number of hydrogen-bond acceptors (Lipinski definition) is 18. The molecule has 3 heterocycles. The molecule has 0 saturated carbocycles. The minimum absolute atomic E-state index is 0. The first kappa shape index (κ1) is 39.8. The molecule has 0 bridgehead atoms. The van der Waals surface area contributed by atoms with Crippen LogP contribution in [-0.2, 0) is 47.5 Å². The number of nitrogens with two attached hydrogens (primary N) is 1. The number of rotatable bonds is 11. The Balaban J connectivity index is 0.00000211. The number of ether oxygens (including phenoxy) is 8. The first-order valence-electron chi connectivity index (χ1n) is 12.6. The normalized spacial score (nSPS) is 42.8. The fourth-order valence-electron chi connectivity index (χ4n) is 4.30. The third-order valence-corrected chi connectivity index (χ3v) is 6.65. The Morgan fingerprint density at radius 3 is 1.90 bits per heavy atom. The molecular weight excluding hydrogens is 585 g/mol. The van der Waals surface area contributed by atoms with E-state index in [1.54, 1.807) is 6.92 Å². The number of carbonyl (C=O) groups excluding carboxylic acids is 2. The molecule has 3 aliphatic rings. The van der Waals surface area contributed by atoms with Crippen molar-refractivity contribution >= 4 is 6.15 Å². The molecule has 15 atom stereocenters. The Morgan fingerprint density at radius 2 is 1.33 bits per heavy atom. The van der Waals surface area contributed by atoms with Gasteiger partial charge >= 0.3 is 35.7 Å². The summed E-state index contributed by atoms with van der Waals surface area (Å²) >= 11 is 0. The maximum absolute atomic E-state index is 10.8. The summed E-state index contributed by atoms with van der Waals surface area (Å²) in [5.41, 5.74) is 5.37. The van der Waals surface area contributed by atoms with Crippen molar-refractivity contribution in [2.45, 2.75) is 93.1 Å². The van der Waals surface area contributed by atoms with Crippen molar-refractivity contribution in [3.05, 3.63) is 6.61 Å². The van der Waals surface area contributed by atoms with Gasteiger partial charge in [-0.05, 0) is 0 Å². The summed E-state index contributed by atoms with van der Waals surface area (Å²) in [6.45, 7) is 2.48. The van der Waals surface area contributed by atoms with Crippen molar-refractivity contribution in [2.24, 2.45) is 11.7 Å². The second-order valence-electron chi connectivity index (χ2n) is 9.54. The predicted octanol–water partition coefficient (Wildman–Crippen LogP) is -8.47. The fourth-order valence-corrected chi connectivity index (χ4v) is 4.30. The molecule has 3 fully saturated rings. The van der Waals surface area contributed by atoms with E-state index in [2.05, 4.69) is 0 Å². The fraction of sp³-hybridized carbons (Fsp3) is 0.913. The van der Waals surface area contributed by atoms with Crippen LogP contribution in [0.25, 0.3) is 0 Å². The monoisotopic (exact) mass is 625 g/mol. The van der Waals surface area contributed by atoms with Crippen LogP contribution >= 0.6 is 0 Å². The maximum Gasteiger partial charge on any atom is 1.00 e. The van der Waals surface area contributed by atoms with Crippen LogP contribution < -0.4 is 35.3 Å². The van der Waals surface area contributed by atoms with Gasteiger partial charge in [-0.25, -0.2) is 6.61 Å². The summed E-state index contributed by atoms with van der Waals surface area (Å²) in [6.07, 6.45) is -19.4. The largest absolute Gasteiger partial charge is 1.00 e. The van der Waals surface area contributed by atoms with Crippen molar-refractivity contribution < 1.29 is 113 Å². The van der Waals surface area contributed by atoms with Gasteiger partial charge in [0, 0.05) is 20.8 Å². The molecule has 0 aromatic heterocycles. The van der Waals surface area contributed by atoms with Crippen LogP contribution in [0.5, 0.6) is 0 Å². The summed E-state index contributed by atoms with van der Waals surface area (Å²) < 4.78 is 43.6. The molecule has 3 aliphatic heterocycles. The molecule has 9 N–H and O–H groups in total. The SMILES string of the molecule is COC1OC(COCC(O)CN)C(OC2OC(OC)C(OC3O[CH-]C(C)C(O)C3O)C(O)C2O)C(O)C1O.O=C=O.[Na+]. The molecular formula is C23H40NNaO17. The van der Waals surface area contributed by atoms with E-state index in [1.165, 1.54) is 20.8 Å². The standard InChI is InChI=1S/C22H40NO15.CO2.Na/c1-8-5-34-20(14(28)11(8)25)37-18-13(27)16(30)21(38-22(18)32-3)36-17-10(7-33-6-9(24)4-23)35-19(31-2)15(29)12(17)26;2-1-3;/h5,8-22,24-30H,4,6-7,23H2,1-3H3;;/q-1;;+1. The van der Waals surface area contributed by atoms with Gasteiger partial charge in [0.05, 0.1) is 25.4 Å². The molecule has 0 aromatic carbocycles. The summed E-state index contributed by atoms with van der Waals surface area (Å²) in [4.78, 5) is 16.2. The van der Waals surface area contributed by atoms with E-state index in [1.807, 2.05) is 0 Å². The van der Waals surface area contributed by atoms with E-state index >= 15 is 0 Å². The third kappa shape index (κ3) is 10.1. The average molecular weight is 626 g/mol. The quantitative estimate of drug-likeness (QED) is 0.0781. The van der Waals surface area contributed by atoms with Crippen molar-refractivity contribution in [3.8, 4) is 0 Å². The van der Waals surface area contributed by atoms with Gasteiger partial charge in [-0.15, -0.1) is 5.92 Å². The summed E-state index contributed by atoms with van der Waals surface area (Å²) in [7, 11) is 2.49. The molecule has 0 radical (unpaired) electrons. The van der Waals surface area contributed by atoms with Gasteiger partial charge in [-0.1, -0.05) is 6.92 Å². The van der Waals surface area contributed by atoms with Gasteiger partial charge in [0.25, 0.3) is 0 Å². The van der Waals surface area contributed by atoms with Crippen LogP contribution in [0.2, 0.25) is 0 Å². The van der Waals surface area contributed by atoms with Gasteiger partial charge in [-0.2, -0.15) is 9.59 Å². The number of hydrogen-bond donors (Lipinski definition) is 8. The molecule has 3 saturated heterocycles. The van der Waals surface area contributed by atoms with Crippen LogP contribution in [0.4, 0.5) is 0 Å². The third-order valence-electron chi connectivity index (χ3n) is 6.65. The molecule has 15 unspecified atom stereocenters. The van der Waals surface area contributed by atoms with Crippen molar-refractivity contribution in [2.75, 3.05) is 34.0 Å². The molecule has 0 amide bonds. The summed E-state index contributed by atoms with van der Waals surface area (Å²) in [5.74, 6) is -0.480. The second kappa shape index (κ2) is 19.3. The van der Waals surface area contributed by atoms with E-state index in [0.717, 1.165) is 0 Å². The van der Waals surface area contributed by atoms with E-state index in [-0.39, 0.29) is 55.5 Å². The van der Waals surface area contributed by atoms with Gasteiger partial charge in [0.15, 0.2) is 25.2 Å². The zero-order valence-electron chi connectivity index (χ0n) is 23.6. The van der Waals surface area contributed by atoms with Gasteiger partial charge in [0.1, 0.15) is 48.8 Å². The van der Waals surface area contributed by atoms with E-state index in [4.69, 9.17) is 53.2 Å². The zero-order valence-corrected chi connectivity index (χ0v) is 25.6. The van der Waals surface area contributed by atoms with Gasteiger partial charge in [0.2, 0.25) is 0 Å². The average Bonchev–Trinajstić information content (AvgIpc) is 2.96. The zero-order chi connectivity index (χ0) is 30.9. The number of aliphatic hydroxyl groups is 7. The molecule has 3 rings (SSSR count). The van der Waals surface area contributed by atoms with Crippen LogP contribution in [0.15, 0.2) is 0 Å². The molecule has 42 heavy (non-hydrogen) atoms. The van der Waals surface area contributed by atoms with Crippen molar-refractivity contribution in [1.29, 1.82) is 0 Å². The van der Waals surface area contributed by atoms with Crippen LogP contribution in [0, 0.1) is 12.5 Å². The summed E-state index contributed by atoms with van der Waals surface area (Å²) in [6, 6.07) is 0. The van der Waals surface area contributed by atoms with Crippen LogP contribution in [0.1, 0.15) is 6.92 Å². The number of methoxy groups -OCH3 is 2. The first-order valence-corrected chi connectivity index (χ1v) is 12.6. The van der Waals surface area contributed by atoms with Crippen molar-refractivity contribution in [3.63, 3.8) is 0 Å². The maximum atomic E-state index is 10.8. The minimum Gasteiger partial charge on any atom is -0.527 e. The number of aliphatic hydroxyl groups excluding tert-OH is 7. The minimum atomic E-state index is -1.77. The first-order chi connectivity index (χ1) is 19.4. The Kier molecular flexibility index (Phi) is 18.3. The Morgan fingerprint density at radius 1 is 0.810 bits per heavy atom.